The fourth-order valence-corrected chi connectivity index (χ4v) is 8.85. The van der Waals surface area contributed by atoms with Gasteiger partial charge in [0.1, 0.15) is 0 Å². The second kappa shape index (κ2) is 9.18. The summed E-state index contributed by atoms with van der Waals surface area (Å²) >= 11 is 0. The van der Waals surface area contributed by atoms with Crippen molar-refractivity contribution in [3.8, 4) is 24.3 Å². The third-order valence-electron chi connectivity index (χ3n) is 5.79. The average Bonchev–Trinajstić information content (AvgIpc) is 2.90. The van der Waals surface area contributed by atoms with Gasteiger partial charge in [-0.3, -0.25) is 0 Å². The Morgan fingerprint density at radius 2 is 0.515 bits per heavy atom. The molecule has 0 spiro atoms. The van der Waals surface area contributed by atoms with Crippen molar-refractivity contribution in [1.82, 2.24) is 0 Å². The van der Waals surface area contributed by atoms with Crippen LogP contribution in [0.25, 0.3) is 0 Å². The SMILES string of the molecule is N#Cc1ccc([PH](c2ccc(C#N)cc2)(c2ccc(C#N)cc2)c2ccc(C#N)cc2)cc1. The number of rotatable bonds is 4. The van der Waals surface area contributed by atoms with E-state index in [1.54, 1.807) is 0 Å². The van der Waals surface area contributed by atoms with E-state index in [-0.39, 0.29) is 0 Å². The zero-order valence-corrected chi connectivity index (χ0v) is 18.5. The van der Waals surface area contributed by atoms with Crippen molar-refractivity contribution in [2.45, 2.75) is 0 Å². The Hall–Kier alpha value is -4.73. The van der Waals surface area contributed by atoms with Gasteiger partial charge in [0.05, 0.1) is 0 Å². The molecule has 0 aromatic heterocycles. The molecule has 0 heterocycles. The predicted molar refractivity (Wildman–Crippen MR) is 131 cm³/mol. The Bertz CT molecular complexity index is 1220. The molecule has 4 aromatic rings. The van der Waals surface area contributed by atoms with E-state index in [2.05, 4.69) is 24.3 Å². The van der Waals surface area contributed by atoms with E-state index in [0.29, 0.717) is 22.3 Å². The van der Waals surface area contributed by atoms with Gasteiger partial charge in [0.2, 0.25) is 0 Å². The molecule has 0 aliphatic heterocycles. The summed E-state index contributed by atoms with van der Waals surface area (Å²) < 4.78 is 0. The minimum absolute atomic E-state index is 0.570. The summed E-state index contributed by atoms with van der Waals surface area (Å²) in [5.41, 5.74) is 2.28. The zero-order chi connectivity index (χ0) is 23.3. The van der Waals surface area contributed by atoms with Gasteiger partial charge in [-0.05, 0) is 0 Å². The molecule has 4 aromatic carbocycles. The molecule has 0 radical (unpaired) electrons. The van der Waals surface area contributed by atoms with Crippen LogP contribution in [-0.4, -0.2) is 0 Å². The van der Waals surface area contributed by atoms with Gasteiger partial charge in [-0.2, -0.15) is 0 Å². The summed E-state index contributed by atoms with van der Waals surface area (Å²) in [7, 11) is -2.88. The average molecular weight is 440 g/mol. The molecule has 0 saturated heterocycles. The van der Waals surface area contributed by atoms with E-state index in [9.17, 15) is 21.0 Å². The summed E-state index contributed by atoms with van der Waals surface area (Å²) in [5.74, 6) is 0. The quantitative estimate of drug-likeness (QED) is 0.454. The van der Waals surface area contributed by atoms with Crippen LogP contribution >= 0.6 is 7.26 Å². The van der Waals surface area contributed by atoms with Crippen molar-refractivity contribution in [3.63, 3.8) is 0 Å². The number of hydrogen-bond donors (Lipinski definition) is 0. The topological polar surface area (TPSA) is 95.2 Å². The normalized spacial score (nSPS) is 10.8. The number of nitriles is 4. The van der Waals surface area contributed by atoms with Gasteiger partial charge < -0.3 is 0 Å². The van der Waals surface area contributed by atoms with Crippen molar-refractivity contribution in [2.75, 3.05) is 0 Å². The van der Waals surface area contributed by atoms with Crippen LogP contribution in [0.15, 0.2) is 97.1 Å². The second-order valence-electron chi connectivity index (χ2n) is 7.51. The number of benzene rings is 4. The summed E-state index contributed by atoms with van der Waals surface area (Å²) in [4.78, 5) is 0. The summed E-state index contributed by atoms with van der Waals surface area (Å²) in [5, 5.41) is 41.5. The van der Waals surface area contributed by atoms with Crippen LogP contribution in [0.3, 0.4) is 0 Å². The Kier molecular flexibility index (Phi) is 5.98. The van der Waals surface area contributed by atoms with Gasteiger partial charge >= 0.3 is 193 Å². The van der Waals surface area contributed by atoms with Crippen LogP contribution in [0, 0.1) is 45.3 Å². The van der Waals surface area contributed by atoms with Crippen molar-refractivity contribution >= 4 is 28.5 Å². The predicted octanol–water partition coefficient (Wildman–Crippen LogP) is 3.53. The van der Waals surface area contributed by atoms with Crippen molar-refractivity contribution in [1.29, 1.82) is 21.0 Å². The number of nitrogens with zero attached hydrogens (tertiary/aromatic N) is 4. The minimum atomic E-state index is -2.88. The fourth-order valence-electron chi connectivity index (χ4n) is 4.18. The molecule has 5 heteroatoms. The first-order valence-corrected chi connectivity index (χ1v) is 12.2. The van der Waals surface area contributed by atoms with Crippen LogP contribution in [0.2, 0.25) is 0 Å². The molecular weight excluding hydrogens is 423 g/mol. The monoisotopic (exact) mass is 440 g/mol. The van der Waals surface area contributed by atoms with Gasteiger partial charge in [0.25, 0.3) is 0 Å². The van der Waals surface area contributed by atoms with Crippen molar-refractivity contribution in [3.05, 3.63) is 119 Å². The fraction of sp³-hybridized carbons (Fsp3) is 0. The zero-order valence-electron chi connectivity index (χ0n) is 17.5. The van der Waals surface area contributed by atoms with Crippen LogP contribution in [0.5, 0.6) is 0 Å². The van der Waals surface area contributed by atoms with Gasteiger partial charge in [-0.1, -0.05) is 0 Å². The summed E-state index contributed by atoms with van der Waals surface area (Å²) in [6, 6.07) is 39.1. The van der Waals surface area contributed by atoms with Crippen LogP contribution in [-0.2, 0) is 0 Å². The first-order chi connectivity index (χ1) is 16.1. The maximum absolute atomic E-state index is 9.32. The van der Waals surface area contributed by atoms with Crippen molar-refractivity contribution < 1.29 is 0 Å². The summed E-state index contributed by atoms with van der Waals surface area (Å²) in [6.07, 6.45) is 0. The van der Waals surface area contributed by atoms with Gasteiger partial charge in [0.15, 0.2) is 0 Å². The van der Waals surface area contributed by atoms with Crippen LogP contribution in [0.4, 0.5) is 0 Å². The standard InChI is InChI=1S/C28H17N4P/c29-17-21-1-9-25(10-2-21)33(26-11-3-22(18-30)4-12-26,27-13-5-23(19-31)6-14-27)28-15-7-24(20-32)8-16-28/h1-16,33H. The van der Waals surface area contributed by atoms with E-state index in [1.807, 2.05) is 97.1 Å². The molecule has 33 heavy (non-hydrogen) atoms. The van der Waals surface area contributed by atoms with Gasteiger partial charge in [-0.25, -0.2) is 0 Å². The van der Waals surface area contributed by atoms with Gasteiger partial charge in [0, 0.05) is 0 Å². The van der Waals surface area contributed by atoms with E-state index in [0.717, 1.165) is 21.2 Å². The molecule has 0 amide bonds. The molecule has 0 aliphatic rings. The molecule has 0 unspecified atom stereocenters. The molecule has 4 rings (SSSR count). The molecular formula is C28H17N4P. The molecule has 0 fully saturated rings. The molecule has 4 nitrogen and oxygen atoms in total. The third kappa shape index (κ3) is 3.85. The van der Waals surface area contributed by atoms with Crippen LogP contribution in [0.1, 0.15) is 22.3 Å². The number of hydrogen-bond acceptors (Lipinski definition) is 4. The Morgan fingerprint density at radius 1 is 0.333 bits per heavy atom. The third-order valence-corrected chi connectivity index (χ3v) is 10.6. The first-order valence-electron chi connectivity index (χ1n) is 10.2. The van der Waals surface area contributed by atoms with Crippen LogP contribution < -0.4 is 21.2 Å². The van der Waals surface area contributed by atoms with Crippen molar-refractivity contribution in [2.24, 2.45) is 0 Å². The Balaban J connectivity index is 2.11. The summed E-state index contributed by atoms with van der Waals surface area (Å²) in [6.45, 7) is 0. The van der Waals surface area contributed by atoms with E-state index < -0.39 is 7.26 Å². The van der Waals surface area contributed by atoms with Gasteiger partial charge in [-0.15, -0.1) is 0 Å². The first kappa shape index (κ1) is 21.5. The molecule has 0 N–H and O–H groups in total. The Morgan fingerprint density at radius 3 is 0.667 bits per heavy atom. The van der Waals surface area contributed by atoms with E-state index in [4.69, 9.17) is 0 Å². The molecule has 0 atom stereocenters. The Labute approximate surface area is 193 Å². The second-order valence-corrected chi connectivity index (χ2v) is 11.3. The molecule has 0 aliphatic carbocycles. The molecule has 154 valence electrons. The maximum atomic E-state index is 9.32. The molecule has 0 bridgehead atoms. The molecule has 0 saturated carbocycles. The van der Waals surface area contributed by atoms with E-state index in [1.165, 1.54) is 0 Å². The van der Waals surface area contributed by atoms with E-state index >= 15 is 0 Å².